The van der Waals surface area contributed by atoms with Crippen molar-refractivity contribution in [2.45, 2.75) is 6.54 Å². The van der Waals surface area contributed by atoms with E-state index in [2.05, 4.69) is 10.4 Å². The van der Waals surface area contributed by atoms with Crippen LogP contribution in [0.3, 0.4) is 0 Å². The molecular formula is C10H9ClN4O3. The van der Waals surface area contributed by atoms with Gasteiger partial charge in [0.2, 0.25) is 0 Å². The van der Waals surface area contributed by atoms with Crippen molar-refractivity contribution in [1.82, 2.24) is 19.8 Å². The number of carboxylic acids is 1. The highest BCUT2D eigenvalue weighted by atomic mass is 35.5. The third-order valence-corrected chi connectivity index (χ3v) is 2.69. The molecule has 0 saturated heterocycles. The molecule has 1 heterocycles. The maximum atomic E-state index is 11.5. The number of nitrogens with zero attached hydrogens (tertiary/aromatic N) is 4. The van der Waals surface area contributed by atoms with Crippen molar-refractivity contribution in [2.24, 2.45) is 7.05 Å². The topological polar surface area (TPSA) is 90.0 Å². The predicted octanol–water partition coefficient (Wildman–Crippen LogP) is 0.377. The first-order valence-corrected chi connectivity index (χ1v) is 5.35. The van der Waals surface area contributed by atoms with Gasteiger partial charge in [-0.2, -0.15) is 9.36 Å². The Morgan fingerprint density at radius 3 is 2.67 bits per heavy atom. The van der Waals surface area contributed by atoms with E-state index in [1.165, 1.54) is 19.2 Å². The summed E-state index contributed by atoms with van der Waals surface area (Å²) in [6.45, 7) is 0.187. The molecule has 2 aromatic rings. The van der Waals surface area contributed by atoms with E-state index in [0.29, 0.717) is 5.56 Å². The molecular weight excluding hydrogens is 260 g/mol. The number of aryl methyl sites for hydroxylation is 1. The molecule has 0 unspecified atom stereocenters. The normalized spacial score (nSPS) is 10.6. The first kappa shape index (κ1) is 12.3. The summed E-state index contributed by atoms with van der Waals surface area (Å²) in [5.41, 5.74) is 0.341. The molecule has 7 nitrogen and oxygen atoms in total. The van der Waals surface area contributed by atoms with Crippen LogP contribution in [-0.2, 0) is 13.6 Å². The summed E-state index contributed by atoms with van der Waals surface area (Å²) in [5, 5.41) is 16.2. The monoisotopic (exact) mass is 268 g/mol. The molecule has 0 fully saturated rings. The van der Waals surface area contributed by atoms with Crippen LogP contribution in [0.15, 0.2) is 23.0 Å². The Labute approximate surface area is 106 Å². The molecule has 0 atom stereocenters. The first-order chi connectivity index (χ1) is 8.49. The summed E-state index contributed by atoms with van der Waals surface area (Å²) in [6.07, 6.45) is 0. The van der Waals surface area contributed by atoms with Crippen LogP contribution in [0.25, 0.3) is 0 Å². The van der Waals surface area contributed by atoms with Gasteiger partial charge in [0.1, 0.15) is 0 Å². The fourth-order valence-corrected chi connectivity index (χ4v) is 1.74. The van der Waals surface area contributed by atoms with Gasteiger partial charge >= 0.3 is 11.7 Å². The van der Waals surface area contributed by atoms with Gasteiger partial charge in [0, 0.05) is 7.05 Å². The third-order valence-electron chi connectivity index (χ3n) is 2.38. The zero-order chi connectivity index (χ0) is 13.3. The minimum absolute atomic E-state index is 0.0203. The lowest BCUT2D eigenvalue weighted by Crippen LogP contribution is -2.23. The zero-order valence-corrected chi connectivity index (χ0v) is 10.1. The molecule has 8 heteroatoms. The Hall–Kier alpha value is -2.15. The largest absolute Gasteiger partial charge is 0.478 e. The van der Waals surface area contributed by atoms with Crippen LogP contribution in [0.4, 0.5) is 0 Å². The highest BCUT2D eigenvalue weighted by Gasteiger charge is 2.10. The molecule has 0 bridgehead atoms. The van der Waals surface area contributed by atoms with Crippen LogP contribution in [0, 0.1) is 0 Å². The molecule has 0 saturated carbocycles. The number of benzene rings is 1. The number of tetrazole rings is 1. The van der Waals surface area contributed by atoms with Crippen LogP contribution in [-0.4, -0.2) is 30.9 Å². The fourth-order valence-electron chi connectivity index (χ4n) is 1.45. The van der Waals surface area contributed by atoms with Gasteiger partial charge in [0.05, 0.1) is 17.1 Å². The van der Waals surface area contributed by atoms with Crippen LogP contribution in [0.2, 0.25) is 5.02 Å². The lowest BCUT2D eigenvalue weighted by atomic mass is 10.1. The maximum Gasteiger partial charge on any atom is 0.363 e. The van der Waals surface area contributed by atoms with E-state index in [9.17, 15) is 9.59 Å². The number of aromatic carboxylic acids is 1. The van der Waals surface area contributed by atoms with Crippen molar-refractivity contribution in [3.63, 3.8) is 0 Å². The first-order valence-electron chi connectivity index (χ1n) is 4.97. The number of halogens is 1. The number of rotatable bonds is 3. The van der Waals surface area contributed by atoms with Gasteiger partial charge in [-0.1, -0.05) is 17.7 Å². The predicted molar refractivity (Wildman–Crippen MR) is 62.8 cm³/mol. The lowest BCUT2D eigenvalue weighted by Gasteiger charge is -2.03. The molecule has 18 heavy (non-hydrogen) atoms. The maximum absolute atomic E-state index is 11.5. The molecule has 0 aliphatic rings. The summed E-state index contributed by atoms with van der Waals surface area (Å²) in [7, 11) is 1.49. The second-order valence-electron chi connectivity index (χ2n) is 3.66. The summed E-state index contributed by atoms with van der Waals surface area (Å²) in [6, 6.07) is 4.46. The van der Waals surface area contributed by atoms with E-state index in [1.54, 1.807) is 6.07 Å². The van der Waals surface area contributed by atoms with E-state index in [4.69, 9.17) is 16.7 Å². The van der Waals surface area contributed by atoms with Gasteiger partial charge in [-0.25, -0.2) is 9.59 Å². The molecule has 1 aromatic heterocycles. The van der Waals surface area contributed by atoms with Gasteiger partial charge in [-0.3, -0.25) is 0 Å². The van der Waals surface area contributed by atoms with Gasteiger partial charge in [0.15, 0.2) is 0 Å². The number of hydrogen-bond donors (Lipinski definition) is 1. The minimum Gasteiger partial charge on any atom is -0.478 e. The fraction of sp³-hybridized carbons (Fsp3) is 0.200. The Bertz CT molecular complexity index is 661. The van der Waals surface area contributed by atoms with Crippen molar-refractivity contribution in [3.05, 3.63) is 44.8 Å². The van der Waals surface area contributed by atoms with Gasteiger partial charge in [0.25, 0.3) is 0 Å². The molecule has 2 rings (SSSR count). The number of carbonyl (C=O) groups is 1. The van der Waals surface area contributed by atoms with Gasteiger partial charge < -0.3 is 5.11 Å². The van der Waals surface area contributed by atoms with E-state index in [-0.39, 0.29) is 22.8 Å². The van der Waals surface area contributed by atoms with Crippen molar-refractivity contribution >= 4 is 17.6 Å². The standard InChI is InChI=1S/C10H9ClN4O3/c1-14-10(18)15(13-12-14)5-6-2-3-7(9(16)17)8(11)4-6/h2-4H,5H2,1H3,(H,16,17). The Morgan fingerprint density at radius 1 is 1.44 bits per heavy atom. The van der Waals surface area contributed by atoms with Crippen LogP contribution in [0.1, 0.15) is 15.9 Å². The quantitative estimate of drug-likeness (QED) is 0.869. The molecule has 0 aliphatic heterocycles. The van der Waals surface area contributed by atoms with E-state index < -0.39 is 5.97 Å². The molecule has 0 radical (unpaired) electrons. The third kappa shape index (κ3) is 2.25. The van der Waals surface area contributed by atoms with Crippen molar-refractivity contribution in [3.8, 4) is 0 Å². The summed E-state index contributed by atoms with van der Waals surface area (Å²) >= 11 is 5.83. The Balaban J connectivity index is 2.31. The van der Waals surface area contributed by atoms with E-state index in [1.807, 2.05) is 0 Å². The highest BCUT2D eigenvalue weighted by Crippen LogP contribution is 2.18. The van der Waals surface area contributed by atoms with E-state index >= 15 is 0 Å². The number of aromatic nitrogens is 4. The average molecular weight is 269 g/mol. The molecule has 0 aliphatic carbocycles. The minimum atomic E-state index is -1.09. The van der Waals surface area contributed by atoms with Crippen molar-refractivity contribution in [2.75, 3.05) is 0 Å². The van der Waals surface area contributed by atoms with Crippen LogP contribution in [0.5, 0.6) is 0 Å². The second-order valence-corrected chi connectivity index (χ2v) is 4.07. The SMILES string of the molecule is Cn1nnn(Cc2ccc(C(=O)O)c(Cl)c2)c1=O. The smallest absolute Gasteiger partial charge is 0.363 e. The molecule has 94 valence electrons. The summed E-state index contributed by atoms with van der Waals surface area (Å²) in [4.78, 5) is 22.3. The van der Waals surface area contributed by atoms with E-state index in [0.717, 1.165) is 9.36 Å². The summed E-state index contributed by atoms with van der Waals surface area (Å²) in [5.74, 6) is -1.09. The number of hydrogen-bond acceptors (Lipinski definition) is 4. The second kappa shape index (κ2) is 4.61. The molecule has 1 N–H and O–H groups in total. The van der Waals surface area contributed by atoms with Gasteiger partial charge in [-0.15, -0.1) is 0 Å². The Kier molecular flexibility index (Phi) is 3.15. The van der Waals surface area contributed by atoms with Crippen molar-refractivity contribution in [1.29, 1.82) is 0 Å². The zero-order valence-electron chi connectivity index (χ0n) is 9.37. The van der Waals surface area contributed by atoms with Crippen LogP contribution < -0.4 is 5.69 Å². The van der Waals surface area contributed by atoms with Crippen molar-refractivity contribution < 1.29 is 9.90 Å². The van der Waals surface area contributed by atoms with Gasteiger partial charge in [-0.05, 0) is 28.1 Å². The van der Waals surface area contributed by atoms with Crippen LogP contribution >= 0.6 is 11.6 Å². The summed E-state index contributed by atoms with van der Waals surface area (Å²) < 4.78 is 2.26. The molecule has 1 aromatic carbocycles. The Morgan fingerprint density at radius 2 is 2.17 bits per heavy atom. The highest BCUT2D eigenvalue weighted by molar-refractivity contribution is 6.33. The molecule has 0 spiro atoms. The average Bonchev–Trinajstić information content (AvgIpc) is 2.61. The number of carboxylic acid groups (broad SMARTS) is 1. The lowest BCUT2D eigenvalue weighted by molar-refractivity contribution is 0.0697. The molecule has 0 amide bonds.